The van der Waals surface area contributed by atoms with E-state index >= 15 is 0 Å². The maximum Gasteiger partial charge on any atom is 0.159 e. The van der Waals surface area contributed by atoms with Crippen molar-refractivity contribution in [3.05, 3.63) is 24.9 Å². The molecule has 1 aromatic rings. The van der Waals surface area contributed by atoms with Gasteiger partial charge in [-0.1, -0.05) is 6.58 Å². The van der Waals surface area contributed by atoms with Gasteiger partial charge in [0.1, 0.15) is 6.33 Å². The van der Waals surface area contributed by atoms with E-state index in [1.165, 1.54) is 12.5 Å². The van der Waals surface area contributed by atoms with Crippen molar-refractivity contribution in [1.29, 1.82) is 0 Å². The van der Waals surface area contributed by atoms with Crippen LogP contribution in [0.1, 0.15) is 19.7 Å². The van der Waals surface area contributed by atoms with Gasteiger partial charge in [0.15, 0.2) is 5.82 Å². The third-order valence-corrected chi connectivity index (χ3v) is 1.51. The molecule has 0 saturated carbocycles. The molecule has 0 unspecified atom stereocenters. The lowest BCUT2D eigenvalue weighted by Gasteiger charge is -2.03. The van der Waals surface area contributed by atoms with Gasteiger partial charge in [0.05, 0.1) is 0 Å². The topological polar surface area (TPSA) is 56.7 Å². The summed E-state index contributed by atoms with van der Waals surface area (Å²) in [5, 5.41) is 3.99. The first-order chi connectivity index (χ1) is 5.66. The highest BCUT2D eigenvalue weighted by Crippen LogP contribution is 2.11. The summed E-state index contributed by atoms with van der Waals surface area (Å²) in [5.74, 6) is 0.741. The van der Waals surface area contributed by atoms with E-state index in [4.69, 9.17) is 5.73 Å². The van der Waals surface area contributed by atoms with Gasteiger partial charge in [-0.25, -0.2) is 9.67 Å². The van der Waals surface area contributed by atoms with Crippen molar-refractivity contribution >= 4 is 11.3 Å². The Morgan fingerprint density at radius 3 is 2.83 bits per heavy atom. The van der Waals surface area contributed by atoms with Crippen LogP contribution in [0.15, 0.2) is 19.1 Å². The molecule has 0 saturated heterocycles. The minimum Gasteiger partial charge on any atom is -0.404 e. The Kier molecular flexibility index (Phi) is 2.28. The Morgan fingerprint density at radius 2 is 2.33 bits per heavy atom. The molecule has 2 N–H and O–H groups in total. The zero-order chi connectivity index (χ0) is 9.14. The molecule has 0 radical (unpaired) electrons. The third-order valence-electron chi connectivity index (χ3n) is 1.51. The van der Waals surface area contributed by atoms with Crippen LogP contribution in [0.4, 0.5) is 0 Å². The van der Waals surface area contributed by atoms with E-state index < -0.39 is 0 Å². The third kappa shape index (κ3) is 1.37. The van der Waals surface area contributed by atoms with Gasteiger partial charge >= 0.3 is 0 Å². The molecule has 0 amide bonds. The van der Waals surface area contributed by atoms with E-state index in [0.717, 1.165) is 17.1 Å². The van der Waals surface area contributed by atoms with E-state index in [1.54, 1.807) is 4.68 Å². The normalized spacial score (nSPS) is 11.7. The van der Waals surface area contributed by atoms with Crippen molar-refractivity contribution < 1.29 is 0 Å². The number of nitrogens with two attached hydrogens (primary N) is 1. The minimum atomic E-state index is 0.741. The summed E-state index contributed by atoms with van der Waals surface area (Å²) < 4.78 is 1.65. The van der Waals surface area contributed by atoms with Crippen LogP contribution in [0.5, 0.6) is 0 Å². The highest BCUT2D eigenvalue weighted by Gasteiger charge is 2.05. The highest BCUT2D eigenvalue weighted by molar-refractivity contribution is 5.59. The fourth-order valence-electron chi connectivity index (χ4n) is 0.864. The van der Waals surface area contributed by atoms with Gasteiger partial charge in [0.25, 0.3) is 0 Å². The summed E-state index contributed by atoms with van der Waals surface area (Å²) in [6, 6.07) is 0. The first-order valence-electron chi connectivity index (χ1n) is 3.61. The van der Waals surface area contributed by atoms with Crippen LogP contribution in [0.25, 0.3) is 11.3 Å². The summed E-state index contributed by atoms with van der Waals surface area (Å²) >= 11 is 0. The van der Waals surface area contributed by atoms with Crippen LogP contribution < -0.4 is 5.73 Å². The molecule has 1 aromatic heterocycles. The number of rotatable bonds is 2. The van der Waals surface area contributed by atoms with Crippen molar-refractivity contribution in [2.75, 3.05) is 0 Å². The van der Waals surface area contributed by atoms with E-state index in [2.05, 4.69) is 16.7 Å². The van der Waals surface area contributed by atoms with Gasteiger partial charge in [-0.15, -0.1) is 0 Å². The maximum absolute atomic E-state index is 5.36. The van der Waals surface area contributed by atoms with Crippen LogP contribution in [0, 0.1) is 0 Å². The molecule has 1 rings (SSSR count). The predicted molar refractivity (Wildman–Crippen MR) is 48.9 cm³/mol. The maximum atomic E-state index is 5.36. The molecule has 0 aliphatic heterocycles. The van der Waals surface area contributed by atoms with Gasteiger partial charge in [-0.05, 0) is 13.8 Å². The van der Waals surface area contributed by atoms with Crippen LogP contribution in [0.3, 0.4) is 0 Å². The van der Waals surface area contributed by atoms with E-state index in [9.17, 15) is 0 Å². The van der Waals surface area contributed by atoms with Gasteiger partial charge in [-0.2, -0.15) is 5.10 Å². The molecule has 0 fully saturated rings. The van der Waals surface area contributed by atoms with Crippen molar-refractivity contribution in [1.82, 2.24) is 14.8 Å². The Bertz CT molecular complexity index is 322. The first kappa shape index (κ1) is 8.52. The SMILES string of the molecule is C=C(C)n1ncnc1/C(C)=C\N. The summed E-state index contributed by atoms with van der Waals surface area (Å²) in [7, 11) is 0. The number of hydrogen-bond donors (Lipinski definition) is 1. The molecule has 4 nitrogen and oxygen atoms in total. The molecule has 0 bridgehead atoms. The lowest BCUT2D eigenvalue weighted by Crippen LogP contribution is -2.01. The Hall–Kier alpha value is -1.58. The van der Waals surface area contributed by atoms with Crippen molar-refractivity contribution in [3.63, 3.8) is 0 Å². The Labute approximate surface area is 71.4 Å². The highest BCUT2D eigenvalue weighted by atomic mass is 15.3. The number of allylic oxidation sites excluding steroid dienone is 2. The quantitative estimate of drug-likeness (QED) is 0.711. The molecular formula is C8H12N4. The monoisotopic (exact) mass is 164 g/mol. The lowest BCUT2D eigenvalue weighted by molar-refractivity contribution is 0.879. The van der Waals surface area contributed by atoms with Crippen LogP contribution >= 0.6 is 0 Å². The second-order valence-electron chi connectivity index (χ2n) is 2.58. The summed E-state index contributed by atoms with van der Waals surface area (Å²) in [6.07, 6.45) is 2.99. The fraction of sp³-hybridized carbons (Fsp3) is 0.250. The van der Waals surface area contributed by atoms with Crippen LogP contribution in [-0.2, 0) is 0 Å². The zero-order valence-corrected chi connectivity index (χ0v) is 7.28. The number of hydrogen-bond acceptors (Lipinski definition) is 3. The number of aromatic nitrogens is 3. The fourth-order valence-corrected chi connectivity index (χ4v) is 0.864. The smallest absolute Gasteiger partial charge is 0.159 e. The molecule has 0 atom stereocenters. The van der Waals surface area contributed by atoms with E-state index in [0.29, 0.717) is 0 Å². The average Bonchev–Trinajstić information content (AvgIpc) is 2.50. The lowest BCUT2D eigenvalue weighted by atomic mass is 10.3. The first-order valence-corrected chi connectivity index (χ1v) is 3.61. The molecule has 0 aromatic carbocycles. The Morgan fingerprint density at radius 1 is 1.67 bits per heavy atom. The van der Waals surface area contributed by atoms with E-state index in [-0.39, 0.29) is 0 Å². The molecule has 0 aliphatic rings. The van der Waals surface area contributed by atoms with Gasteiger partial charge in [-0.3, -0.25) is 0 Å². The minimum absolute atomic E-state index is 0.741. The summed E-state index contributed by atoms with van der Waals surface area (Å²) in [4.78, 5) is 4.05. The number of nitrogens with zero attached hydrogens (tertiary/aromatic N) is 3. The summed E-state index contributed by atoms with van der Waals surface area (Å²) in [5.41, 5.74) is 7.07. The average molecular weight is 164 g/mol. The van der Waals surface area contributed by atoms with Crippen LogP contribution in [0.2, 0.25) is 0 Å². The Balaban J connectivity index is 3.16. The zero-order valence-electron chi connectivity index (χ0n) is 7.28. The van der Waals surface area contributed by atoms with Crippen molar-refractivity contribution in [3.8, 4) is 0 Å². The van der Waals surface area contributed by atoms with Crippen LogP contribution in [-0.4, -0.2) is 14.8 Å². The van der Waals surface area contributed by atoms with Gasteiger partial charge in [0, 0.05) is 17.5 Å². The van der Waals surface area contributed by atoms with Gasteiger partial charge in [0.2, 0.25) is 0 Å². The van der Waals surface area contributed by atoms with E-state index in [1.807, 2.05) is 13.8 Å². The standard InChI is InChI=1S/C8H12N4/c1-6(2)12-8(7(3)4-9)10-5-11-12/h4-5H,1,9H2,2-3H3/b7-4-. The van der Waals surface area contributed by atoms with Gasteiger partial charge < -0.3 is 5.73 Å². The van der Waals surface area contributed by atoms with Crippen molar-refractivity contribution in [2.45, 2.75) is 13.8 Å². The largest absolute Gasteiger partial charge is 0.404 e. The second kappa shape index (κ2) is 3.21. The molecule has 4 heteroatoms. The molecule has 0 aliphatic carbocycles. The second-order valence-corrected chi connectivity index (χ2v) is 2.58. The predicted octanol–water partition coefficient (Wildman–Crippen LogP) is 1.09. The molecule has 12 heavy (non-hydrogen) atoms. The molecule has 64 valence electrons. The molecule has 1 heterocycles. The van der Waals surface area contributed by atoms with Crippen molar-refractivity contribution in [2.24, 2.45) is 5.73 Å². The summed E-state index contributed by atoms with van der Waals surface area (Å²) in [6.45, 7) is 7.51. The molecular weight excluding hydrogens is 152 g/mol. The molecule has 0 spiro atoms.